The number of rotatable bonds is 3. The number of carboxylic acid groups (broad SMARTS) is 1. The molecule has 0 atom stereocenters. The number of pyridine rings is 1. The number of hydrogen-bond acceptors (Lipinski definition) is 5. The zero-order chi connectivity index (χ0) is 23.0. The first-order valence-corrected chi connectivity index (χ1v) is 9.53. The third-order valence-corrected chi connectivity index (χ3v) is 6.71. The Labute approximate surface area is 166 Å². The number of nitrogens with two attached hydrogens (primary N) is 1. The molecule has 6 nitrogen and oxygen atoms in total. The molecule has 1 aromatic carbocycles. The van der Waals surface area contributed by atoms with E-state index in [0.717, 1.165) is 30.5 Å². The number of halogens is 6. The van der Waals surface area contributed by atoms with Crippen LogP contribution in [0.3, 0.4) is 0 Å². The molecule has 1 aromatic heterocycles. The maximum absolute atomic E-state index is 12.3. The van der Waals surface area contributed by atoms with E-state index in [9.17, 15) is 39.6 Å². The van der Waals surface area contributed by atoms with Crippen molar-refractivity contribution in [1.29, 1.82) is 0 Å². The quantitative estimate of drug-likeness (QED) is 0.681. The monoisotopic (exact) mass is 456 g/mol. The molecular weight excluding hydrogens is 442 g/mol. The van der Waals surface area contributed by atoms with Crippen molar-refractivity contribution in [1.82, 2.24) is 4.98 Å². The number of nitrogens with zero attached hydrogens (tertiary/aromatic N) is 1. The summed E-state index contributed by atoms with van der Waals surface area (Å²) < 4.78 is 94.9. The van der Waals surface area contributed by atoms with Crippen LogP contribution in [0.2, 0.25) is 0 Å². The van der Waals surface area contributed by atoms with Gasteiger partial charge in [-0.1, -0.05) is 0 Å². The van der Waals surface area contributed by atoms with E-state index in [1.807, 2.05) is 0 Å². The lowest BCUT2D eigenvalue weighted by Gasteiger charge is -2.12. The molecule has 3 N–H and O–H groups in total. The number of hydrogen-bond donors (Lipinski definition) is 2. The number of nitrogen functional groups attached to an aromatic ring is 1. The summed E-state index contributed by atoms with van der Waals surface area (Å²) in [7, 11) is -4.16. The van der Waals surface area contributed by atoms with Crippen molar-refractivity contribution in [3.05, 3.63) is 53.7 Å². The maximum atomic E-state index is 12.3. The van der Waals surface area contributed by atoms with Crippen LogP contribution >= 0.6 is 0 Å². The van der Waals surface area contributed by atoms with Gasteiger partial charge in [-0.05, 0) is 49.2 Å². The fraction of sp³-hybridized carbons (Fsp3) is 0.294. The summed E-state index contributed by atoms with van der Waals surface area (Å²) in [5.74, 6) is -1.59. The van der Waals surface area contributed by atoms with Crippen molar-refractivity contribution in [3.8, 4) is 0 Å². The predicted molar refractivity (Wildman–Crippen MR) is 91.9 cm³/mol. The van der Waals surface area contributed by atoms with Crippen molar-refractivity contribution in [2.24, 2.45) is 0 Å². The van der Waals surface area contributed by atoms with E-state index in [4.69, 9.17) is 10.8 Å². The first kappa shape index (κ1) is 23.4. The number of aliphatic carboxylic acids is 1. The number of carbonyl (C=O) groups is 1. The molecule has 0 bridgehead atoms. The zero-order valence-corrected chi connectivity index (χ0v) is 15.6. The van der Waals surface area contributed by atoms with Crippen molar-refractivity contribution in [3.63, 3.8) is 0 Å². The van der Waals surface area contributed by atoms with Crippen LogP contribution in [0.4, 0.5) is 32.2 Å². The number of benzene rings is 1. The van der Waals surface area contributed by atoms with Crippen LogP contribution in [0.1, 0.15) is 24.0 Å². The summed E-state index contributed by atoms with van der Waals surface area (Å²) >= 11 is 0. The van der Waals surface area contributed by atoms with E-state index >= 15 is 0 Å². The summed E-state index contributed by atoms with van der Waals surface area (Å²) in [6.07, 6.45) is -7.92. The second-order valence-corrected chi connectivity index (χ2v) is 8.55. The maximum Gasteiger partial charge on any atom is 0.416 e. The molecule has 2 aromatic rings. The minimum Gasteiger partial charge on any atom is -0.480 e. The van der Waals surface area contributed by atoms with Gasteiger partial charge in [0.25, 0.3) is 0 Å². The highest BCUT2D eigenvalue weighted by Gasteiger charge is 2.61. The average Bonchev–Trinajstić information content (AvgIpc) is 3.43. The Kier molecular flexibility index (Phi) is 6.08. The van der Waals surface area contributed by atoms with Gasteiger partial charge in [-0.2, -0.15) is 26.3 Å². The number of alkyl halides is 6. The molecule has 30 heavy (non-hydrogen) atoms. The normalized spacial score (nSPS) is 15.7. The van der Waals surface area contributed by atoms with E-state index in [1.165, 1.54) is 0 Å². The molecule has 0 amide bonds. The van der Waals surface area contributed by atoms with Crippen molar-refractivity contribution < 1.29 is 44.7 Å². The Hall–Kier alpha value is -2.83. The Bertz CT molecular complexity index is 1030. The second-order valence-electron chi connectivity index (χ2n) is 6.29. The van der Waals surface area contributed by atoms with Gasteiger partial charge in [0, 0.05) is 6.20 Å². The van der Waals surface area contributed by atoms with E-state index in [0.29, 0.717) is 12.1 Å². The summed E-state index contributed by atoms with van der Waals surface area (Å²) in [6, 6.07) is 4.51. The van der Waals surface area contributed by atoms with Crippen LogP contribution in [0, 0.1) is 0 Å². The fourth-order valence-corrected chi connectivity index (χ4v) is 4.20. The molecule has 1 heterocycles. The Morgan fingerprint density at radius 2 is 1.47 bits per heavy atom. The van der Waals surface area contributed by atoms with Crippen LogP contribution in [0.15, 0.2) is 47.5 Å². The van der Waals surface area contributed by atoms with Crippen LogP contribution in [0.25, 0.3) is 0 Å². The Morgan fingerprint density at radius 3 is 1.80 bits per heavy atom. The van der Waals surface area contributed by atoms with Gasteiger partial charge in [0.05, 0.1) is 16.0 Å². The Balaban J connectivity index is 0.000000248. The topological polar surface area (TPSA) is 110 Å². The average molecular weight is 456 g/mol. The van der Waals surface area contributed by atoms with E-state index < -0.39 is 48.9 Å². The van der Waals surface area contributed by atoms with Gasteiger partial charge in [0.2, 0.25) is 0 Å². The van der Waals surface area contributed by atoms with Crippen molar-refractivity contribution >= 4 is 21.6 Å². The summed E-state index contributed by atoms with van der Waals surface area (Å²) in [4.78, 5) is 14.0. The van der Waals surface area contributed by atoms with E-state index in [1.54, 1.807) is 0 Å². The van der Waals surface area contributed by atoms with Crippen LogP contribution in [-0.4, -0.2) is 29.2 Å². The van der Waals surface area contributed by atoms with Crippen LogP contribution < -0.4 is 5.73 Å². The standard InChI is InChI=1S/C11H9F3O4S.C6H5F3N2/c12-11(13,14)7-1-3-8(4-2-7)19(17,18)10(5-6-10)9(15)16;7-6(8,9)4-1-2-11-5(10)3-4/h1-4H,5-6H2,(H,15,16);1-3H,(H2,10,11). The van der Waals surface area contributed by atoms with Gasteiger partial charge in [0.15, 0.2) is 14.6 Å². The molecule has 1 fully saturated rings. The molecule has 13 heteroatoms. The second kappa shape index (κ2) is 7.78. The van der Waals surface area contributed by atoms with Crippen LogP contribution in [-0.2, 0) is 27.0 Å². The largest absolute Gasteiger partial charge is 0.480 e. The predicted octanol–water partition coefficient (Wildman–Crippen LogP) is 3.78. The van der Waals surface area contributed by atoms with Crippen molar-refractivity contribution in [2.75, 3.05) is 5.73 Å². The van der Waals surface area contributed by atoms with Gasteiger partial charge in [0.1, 0.15) is 5.82 Å². The third-order valence-electron chi connectivity index (χ3n) is 4.21. The smallest absolute Gasteiger partial charge is 0.416 e. The highest BCUT2D eigenvalue weighted by Crippen LogP contribution is 2.47. The molecular formula is C17H14F6N2O4S. The van der Waals surface area contributed by atoms with Gasteiger partial charge in [-0.15, -0.1) is 0 Å². The SMILES string of the molecule is Nc1cc(C(F)(F)F)ccn1.O=C(O)C1(S(=O)(=O)c2ccc(C(F)(F)F)cc2)CC1. The number of carboxylic acids is 1. The van der Waals surface area contributed by atoms with Gasteiger partial charge in [-0.25, -0.2) is 13.4 Å². The lowest BCUT2D eigenvalue weighted by Crippen LogP contribution is -2.32. The van der Waals surface area contributed by atoms with Gasteiger partial charge < -0.3 is 10.8 Å². The molecule has 0 aliphatic heterocycles. The molecule has 164 valence electrons. The minimum absolute atomic E-state index is 0.0221. The number of aromatic nitrogens is 1. The number of sulfone groups is 1. The molecule has 1 saturated carbocycles. The highest BCUT2D eigenvalue weighted by molar-refractivity contribution is 7.94. The zero-order valence-electron chi connectivity index (χ0n) is 14.8. The van der Waals surface area contributed by atoms with E-state index in [2.05, 4.69) is 4.98 Å². The molecule has 3 rings (SSSR count). The summed E-state index contributed by atoms with van der Waals surface area (Å²) in [5, 5.41) is 8.93. The molecule has 0 saturated heterocycles. The van der Waals surface area contributed by atoms with Crippen molar-refractivity contribution in [2.45, 2.75) is 34.8 Å². The molecule has 1 aliphatic rings. The first-order chi connectivity index (χ1) is 13.6. The number of anilines is 1. The fourth-order valence-electron chi connectivity index (χ4n) is 2.38. The van der Waals surface area contributed by atoms with Gasteiger partial charge >= 0.3 is 18.3 Å². The van der Waals surface area contributed by atoms with Crippen LogP contribution in [0.5, 0.6) is 0 Å². The van der Waals surface area contributed by atoms with E-state index in [-0.39, 0.29) is 18.7 Å². The summed E-state index contributed by atoms with van der Waals surface area (Å²) in [5.41, 5.74) is 3.29. The molecule has 1 aliphatic carbocycles. The van der Waals surface area contributed by atoms with Gasteiger partial charge in [-0.3, -0.25) is 4.79 Å². The molecule has 0 radical (unpaired) electrons. The highest BCUT2D eigenvalue weighted by atomic mass is 32.2. The summed E-state index contributed by atoms with van der Waals surface area (Å²) in [6.45, 7) is 0. The molecule has 0 spiro atoms. The lowest BCUT2D eigenvalue weighted by atomic mass is 10.2. The third kappa shape index (κ3) is 4.83. The first-order valence-electron chi connectivity index (χ1n) is 8.05. The molecule has 0 unspecified atom stereocenters. The Morgan fingerprint density at radius 1 is 0.967 bits per heavy atom. The lowest BCUT2D eigenvalue weighted by molar-refractivity contribution is -0.138. The minimum atomic E-state index is -4.56.